The Kier molecular flexibility index (Phi) is 4.99. The normalized spacial score (nSPS) is 15.6. The summed E-state index contributed by atoms with van der Waals surface area (Å²) in [4.78, 5) is 13.5. The van der Waals surface area contributed by atoms with Crippen molar-refractivity contribution < 1.29 is 4.79 Å². The first-order valence-corrected chi connectivity index (χ1v) is 4.88. The van der Waals surface area contributed by atoms with E-state index in [0.29, 0.717) is 12.5 Å². The molecule has 0 fully saturated rings. The van der Waals surface area contributed by atoms with Crippen molar-refractivity contribution in [2.45, 2.75) is 33.7 Å². The third kappa shape index (κ3) is 3.35. The Hall–Kier alpha value is -0.570. The van der Waals surface area contributed by atoms with Crippen LogP contribution in [0, 0.1) is 11.8 Å². The van der Waals surface area contributed by atoms with Gasteiger partial charge in [0.05, 0.1) is 0 Å². The van der Waals surface area contributed by atoms with Crippen molar-refractivity contribution in [3.63, 3.8) is 0 Å². The van der Waals surface area contributed by atoms with Crippen LogP contribution in [0.5, 0.6) is 0 Å². The Bertz CT molecular complexity index is 168. The maximum Gasteiger partial charge on any atom is 0.225 e. The van der Waals surface area contributed by atoms with Gasteiger partial charge in [0.1, 0.15) is 0 Å². The number of hydrogen-bond acceptors (Lipinski definition) is 2. The molecule has 0 radical (unpaired) electrons. The molecule has 3 heteroatoms. The second kappa shape index (κ2) is 5.22. The van der Waals surface area contributed by atoms with E-state index in [2.05, 4.69) is 13.8 Å². The Balaban J connectivity index is 4.25. The minimum absolute atomic E-state index is 0.0824. The zero-order valence-electron chi connectivity index (χ0n) is 9.37. The number of carbonyl (C=O) groups is 1. The summed E-state index contributed by atoms with van der Waals surface area (Å²) in [6, 6.07) is 0.133. The number of rotatable bonds is 4. The Morgan fingerprint density at radius 1 is 1.31 bits per heavy atom. The third-order valence-corrected chi connectivity index (χ3v) is 2.74. The molecule has 0 aromatic rings. The summed E-state index contributed by atoms with van der Waals surface area (Å²) in [5.74, 6) is 0.659. The Morgan fingerprint density at radius 2 is 1.77 bits per heavy atom. The highest BCUT2D eigenvalue weighted by Gasteiger charge is 2.22. The average Bonchev–Trinajstić information content (AvgIpc) is 2.12. The molecule has 2 unspecified atom stereocenters. The van der Waals surface area contributed by atoms with Gasteiger partial charge in [0.15, 0.2) is 0 Å². The van der Waals surface area contributed by atoms with Gasteiger partial charge < -0.3 is 10.6 Å². The van der Waals surface area contributed by atoms with Crippen molar-refractivity contribution in [2.24, 2.45) is 17.6 Å². The molecule has 0 saturated carbocycles. The number of hydrogen-bond donors (Lipinski definition) is 1. The van der Waals surface area contributed by atoms with E-state index in [4.69, 9.17) is 5.73 Å². The van der Waals surface area contributed by atoms with Crippen LogP contribution in [0.2, 0.25) is 0 Å². The summed E-state index contributed by atoms with van der Waals surface area (Å²) in [7, 11) is 1.82. The van der Waals surface area contributed by atoms with Crippen LogP contribution in [0.25, 0.3) is 0 Å². The van der Waals surface area contributed by atoms with E-state index in [1.165, 1.54) is 0 Å². The van der Waals surface area contributed by atoms with Gasteiger partial charge in [0, 0.05) is 25.6 Å². The van der Waals surface area contributed by atoms with Crippen LogP contribution < -0.4 is 5.73 Å². The molecule has 0 rings (SSSR count). The predicted octanol–water partition coefficient (Wildman–Crippen LogP) is 1.08. The maximum absolute atomic E-state index is 11.8. The average molecular weight is 186 g/mol. The van der Waals surface area contributed by atoms with Gasteiger partial charge in [0.25, 0.3) is 0 Å². The van der Waals surface area contributed by atoms with E-state index < -0.39 is 0 Å². The van der Waals surface area contributed by atoms with Gasteiger partial charge in [-0.1, -0.05) is 20.8 Å². The maximum atomic E-state index is 11.8. The standard InChI is InChI=1S/C10H22N2O/c1-7(2)9(4)10(13)12(5)8(3)6-11/h7-9H,6,11H2,1-5H3. The summed E-state index contributed by atoms with van der Waals surface area (Å²) < 4.78 is 0. The molecule has 0 heterocycles. The first kappa shape index (κ1) is 12.4. The first-order chi connectivity index (χ1) is 5.91. The molecule has 1 amide bonds. The summed E-state index contributed by atoms with van der Waals surface area (Å²) >= 11 is 0. The molecule has 0 aliphatic rings. The summed E-state index contributed by atoms with van der Waals surface area (Å²) in [5.41, 5.74) is 5.49. The monoisotopic (exact) mass is 186 g/mol. The minimum atomic E-state index is 0.0824. The molecule has 0 bridgehead atoms. The second-order valence-corrected chi connectivity index (χ2v) is 4.07. The Morgan fingerprint density at radius 3 is 2.08 bits per heavy atom. The van der Waals surface area contributed by atoms with Gasteiger partial charge in [-0.15, -0.1) is 0 Å². The van der Waals surface area contributed by atoms with Crippen LogP contribution in [0.15, 0.2) is 0 Å². The van der Waals surface area contributed by atoms with E-state index in [1.54, 1.807) is 4.90 Å². The number of carbonyl (C=O) groups excluding carboxylic acids is 1. The molecule has 0 saturated heterocycles. The fraction of sp³-hybridized carbons (Fsp3) is 0.900. The zero-order chi connectivity index (χ0) is 10.6. The molecule has 0 spiro atoms. The SMILES string of the molecule is CC(C)C(C)C(=O)N(C)C(C)CN. The molecular formula is C10H22N2O. The fourth-order valence-corrected chi connectivity index (χ4v) is 0.982. The number of amides is 1. The van der Waals surface area contributed by atoms with Gasteiger partial charge in [-0.3, -0.25) is 4.79 Å². The third-order valence-electron chi connectivity index (χ3n) is 2.74. The molecular weight excluding hydrogens is 164 g/mol. The molecule has 78 valence electrons. The highest BCUT2D eigenvalue weighted by Crippen LogP contribution is 2.13. The lowest BCUT2D eigenvalue weighted by Crippen LogP contribution is -2.43. The van der Waals surface area contributed by atoms with Gasteiger partial charge in [-0.25, -0.2) is 0 Å². The van der Waals surface area contributed by atoms with Crippen molar-refractivity contribution in [1.82, 2.24) is 4.90 Å². The first-order valence-electron chi connectivity index (χ1n) is 4.88. The second-order valence-electron chi connectivity index (χ2n) is 4.07. The lowest BCUT2D eigenvalue weighted by Gasteiger charge is -2.28. The summed E-state index contributed by atoms with van der Waals surface area (Å²) in [6.07, 6.45) is 0. The molecule has 0 aliphatic heterocycles. The van der Waals surface area contributed by atoms with E-state index in [9.17, 15) is 4.79 Å². The lowest BCUT2D eigenvalue weighted by atomic mass is 9.96. The number of likely N-dealkylation sites (N-methyl/N-ethyl adjacent to an activating group) is 1. The van der Waals surface area contributed by atoms with Gasteiger partial charge in [-0.2, -0.15) is 0 Å². The lowest BCUT2D eigenvalue weighted by molar-refractivity contribution is -0.136. The molecule has 0 aromatic carbocycles. The Labute approximate surface area is 81.3 Å². The molecule has 2 N–H and O–H groups in total. The van der Waals surface area contributed by atoms with Crippen LogP contribution in [0.1, 0.15) is 27.7 Å². The van der Waals surface area contributed by atoms with E-state index in [1.807, 2.05) is 20.9 Å². The molecule has 0 aromatic heterocycles. The van der Waals surface area contributed by atoms with Gasteiger partial charge >= 0.3 is 0 Å². The summed E-state index contributed by atoms with van der Waals surface area (Å²) in [5, 5.41) is 0. The largest absolute Gasteiger partial charge is 0.342 e. The molecule has 0 aliphatic carbocycles. The van der Waals surface area contributed by atoms with Crippen molar-refractivity contribution >= 4 is 5.91 Å². The quantitative estimate of drug-likeness (QED) is 0.714. The van der Waals surface area contributed by atoms with Crippen molar-refractivity contribution in [1.29, 1.82) is 0 Å². The number of nitrogens with zero attached hydrogens (tertiary/aromatic N) is 1. The minimum Gasteiger partial charge on any atom is -0.342 e. The zero-order valence-corrected chi connectivity index (χ0v) is 9.37. The van der Waals surface area contributed by atoms with Crippen LogP contribution in [0.4, 0.5) is 0 Å². The van der Waals surface area contributed by atoms with Crippen molar-refractivity contribution in [3.05, 3.63) is 0 Å². The van der Waals surface area contributed by atoms with Gasteiger partial charge in [-0.05, 0) is 12.8 Å². The molecule has 3 nitrogen and oxygen atoms in total. The van der Waals surface area contributed by atoms with Crippen LogP contribution in [-0.4, -0.2) is 30.4 Å². The van der Waals surface area contributed by atoms with Crippen molar-refractivity contribution in [3.8, 4) is 0 Å². The highest BCUT2D eigenvalue weighted by atomic mass is 16.2. The van der Waals surface area contributed by atoms with Crippen LogP contribution >= 0.6 is 0 Å². The molecule has 2 atom stereocenters. The van der Waals surface area contributed by atoms with Crippen molar-refractivity contribution in [2.75, 3.05) is 13.6 Å². The topological polar surface area (TPSA) is 46.3 Å². The number of nitrogens with two attached hydrogens (primary N) is 1. The smallest absolute Gasteiger partial charge is 0.225 e. The van der Waals surface area contributed by atoms with Gasteiger partial charge in [0.2, 0.25) is 5.91 Å². The van der Waals surface area contributed by atoms with E-state index in [0.717, 1.165) is 0 Å². The summed E-state index contributed by atoms with van der Waals surface area (Å²) in [6.45, 7) is 8.57. The fourth-order valence-electron chi connectivity index (χ4n) is 0.982. The predicted molar refractivity (Wildman–Crippen MR) is 55.3 cm³/mol. The van der Waals surface area contributed by atoms with E-state index >= 15 is 0 Å². The van der Waals surface area contributed by atoms with Crippen LogP contribution in [-0.2, 0) is 4.79 Å². The highest BCUT2D eigenvalue weighted by molar-refractivity contribution is 5.78. The molecule has 13 heavy (non-hydrogen) atoms. The van der Waals surface area contributed by atoms with Crippen LogP contribution in [0.3, 0.4) is 0 Å². The van der Waals surface area contributed by atoms with E-state index in [-0.39, 0.29) is 17.9 Å².